The Morgan fingerprint density at radius 2 is 1.96 bits per heavy atom. The normalized spacial score (nSPS) is 18.3. The molecule has 1 aromatic carbocycles. The van der Waals surface area contributed by atoms with Gasteiger partial charge in [0.2, 0.25) is 0 Å². The second-order valence-corrected chi connectivity index (χ2v) is 7.49. The van der Waals surface area contributed by atoms with Crippen molar-refractivity contribution in [1.82, 2.24) is 9.80 Å². The number of nitrogens with zero attached hydrogens (tertiary/aromatic N) is 2. The van der Waals surface area contributed by atoms with Crippen molar-refractivity contribution >= 4 is 11.8 Å². The molecule has 1 fully saturated rings. The van der Waals surface area contributed by atoms with E-state index in [9.17, 15) is 4.79 Å². The fourth-order valence-corrected chi connectivity index (χ4v) is 2.68. The molecule has 2 rings (SSSR count). The Balaban J connectivity index is 1.84. The van der Waals surface area contributed by atoms with Crippen LogP contribution in [0.2, 0.25) is 0 Å². The van der Waals surface area contributed by atoms with E-state index in [1.54, 1.807) is 4.90 Å². The Kier molecular flexibility index (Phi) is 5.52. The number of carbonyl (C=O) groups excluding carboxylic acids is 1. The van der Waals surface area contributed by atoms with Crippen molar-refractivity contribution in [2.45, 2.75) is 45.4 Å². The standard InChI is InChI=1S/C18H29N3O2/c1-18(2,3)23-17(22)21-11-10-16(13-21)19-15-8-6-14(7-9-15)12-20(4)5/h6-9,16,19H,10-13H2,1-5H3. The van der Waals surface area contributed by atoms with E-state index < -0.39 is 5.60 Å². The van der Waals surface area contributed by atoms with E-state index in [0.29, 0.717) is 6.54 Å². The lowest BCUT2D eigenvalue weighted by Gasteiger charge is -2.24. The first-order chi connectivity index (χ1) is 10.7. The number of anilines is 1. The number of likely N-dealkylation sites (tertiary alicyclic amines) is 1. The van der Waals surface area contributed by atoms with Crippen LogP contribution in [-0.2, 0) is 11.3 Å². The zero-order valence-corrected chi connectivity index (χ0v) is 14.9. The third kappa shape index (κ3) is 5.75. The highest BCUT2D eigenvalue weighted by molar-refractivity contribution is 5.68. The molecule has 0 bridgehead atoms. The Labute approximate surface area is 139 Å². The van der Waals surface area contributed by atoms with Crippen LogP contribution in [0.25, 0.3) is 0 Å². The highest BCUT2D eigenvalue weighted by Gasteiger charge is 2.29. The molecule has 0 radical (unpaired) electrons. The molecule has 0 saturated carbocycles. The SMILES string of the molecule is CN(C)Cc1ccc(NC2CCN(C(=O)OC(C)(C)C)C2)cc1. The molecule has 23 heavy (non-hydrogen) atoms. The van der Waals surface area contributed by atoms with E-state index in [4.69, 9.17) is 4.74 Å². The molecule has 1 aromatic rings. The third-order valence-electron chi connectivity index (χ3n) is 3.66. The van der Waals surface area contributed by atoms with Crippen LogP contribution >= 0.6 is 0 Å². The quantitative estimate of drug-likeness (QED) is 0.926. The van der Waals surface area contributed by atoms with E-state index in [1.807, 2.05) is 20.8 Å². The molecule has 5 nitrogen and oxygen atoms in total. The Bertz CT molecular complexity index is 520. The average Bonchev–Trinajstić information content (AvgIpc) is 2.87. The monoisotopic (exact) mass is 319 g/mol. The van der Waals surface area contributed by atoms with Crippen LogP contribution in [0.3, 0.4) is 0 Å². The maximum atomic E-state index is 12.1. The fourth-order valence-electron chi connectivity index (χ4n) is 2.68. The molecular weight excluding hydrogens is 290 g/mol. The van der Waals surface area contributed by atoms with Gasteiger partial charge >= 0.3 is 6.09 Å². The minimum Gasteiger partial charge on any atom is -0.444 e. The van der Waals surface area contributed by atoms with Crippen molar-refractivity contribution in [3.63, 3.8) is 0 Å². The number of nitrogens with one attached hydrogen (secondary N) is 1. The molecule has 1 N–H and O–H groups in total. The molecule has 0 aromatic heterocycles. The molecule has 128 valence electrons. The van der Waals surface area contributed by atoms with Gasteiger partial charge in [0.05, 0.1) is 0 Å². The maximum Gasteiger partial charge on any atom is 0.410 e. The summed E-state index contributed by atoms with van der Waals surface area (Å²) in [6.07, 6.45) is 0.724. The summed E-state index contributed by atoms with van der Waals surface area (Å²) in [5, 5.41) is 3.51. The zero-order chi connectivity index (χ0) is 17.0. The van der Waals surface area contributed by atoms with Crippen LogP contribution in [0.1, 0.15) is 32.8 Å². The van der Waals surface area contributed by atoms with Gasteiger partial charge in [-0.1, -0.05) is 12.1 Å². The summed E-state index contributed by atoms with van der Waals surface area (Å²) in [6, 6.07) is 8.78. The first-order valence-corrected chi connectivity index (χ1v) is 8.21. The molecule has 1 amide bonds. The van der Waals surface area contributed by atoms with Gasteiger partial charge in [-0.05, 0) is 59.0 Å². The zero-order valence-electron chi connectivity index (χ0n) is 14.9. The second kappa shape index (κ2) is 7.21. The maximum absolute atomic E-state index is 12.1. The summed E-state index contributed by atoms with van der Waals surface area (Å²) in [4.78, 5) is 16.0. The summed E-state index contributed by atoms with van der Waals surface area (Å²) < 4.78 is 5.43. The van der Waals surface area contributed by atoms with Crippen molar-refractivity contribution in [3.05, 3.63) is 29.8 Å². The Hall–Kier alpha value is -1.75. The molecule has 1 heterocycles. The Morgan fingerprint density at radius 3 is 2.52 bits per heavy atom. The van der Waals surface area contributed by atoms with Crippen molar-refractivity contribution in [3.8, 4) is 0 Å². The summed E-state index contributed by atoms with van der Waals surface area (Å²) in [6.45, 7) is 8.06. The van der Waals surface area contributed by atoms with Crippen LogP contribution in [0, 0.1) is 0 Å². The van der Waals surface area contributed by atoms with Gasteiger partial charge < -0.3 is 19.9 Å². The minimum atomic E-state index is -0.440. The van der Waals surface area contributed by atoms with E-state index in [1.165, 1.54) is 5.56 Å². The molecule has 1 aliphatic heterocycles. The van der Waals surface area contributed by atoms with Crippen LogP contribution in [0.4, 0.5) is 10.5 Å². The largest absolute Gasteiger partial charge is 0.444 e. The first kappa shape index (κ1) is 17.6. The van der Waals surface area contributed by atoms with Gasteiger partial charge in [-0.2, -0.15) is 0 Å². The van der Waals surface area contributed by atoms with E-state index in [-0.39, 0.29) is 12.1 Å². The number of carbonyl (C=O) groups is 1. The lowest BCUT2D eigenvalue weighted by Crippen LogP contribution is -2.36. The first-order valence-electron chi connectivity index (χ1n) is 8.21. The van der Waals surface area contributed by atoms with Crippen molar-refractivity contribution < 1.29 is 9.53 Å². The predicted molar refractivity (Wildman–Crippen MR) is 93.7 cm³/mol. The summed E-state index contributed by atoms with van der Waals surface area (Å²) >= 11 is 0. The topological polar surface area (TPSA) is 44.8 Å². The van der Waals surface area contributed by atoms with Gasteiger partial charge in [-0.15, -0.1) is 0 Å². The van der Waals surface area contributed by atoms with Gasteiger partial charge in [0, 0.05) is 31.4 Å². The van der Waals surface area contributed by atoms with E-state index >= 15 is 0 Å². The smallest absolute Gasteiger partial charge is 0.410 e. The molecule has 5 heteroatoms. The number of amides is 1. The molecule has 1 atom stereocenters. The number of ether oxygens (including phenoxy) is 1. The molecule has 1 aliphatic rings. The van der Waals surface area contributed by atoms with Gasteiger partial charge in [0.1, 0.15) is 5.60 Å². The van der Waals surface area contributed by atoms with E-state index in [0.717, 1.165) is 25.2 Å². The van der Waals surface area contributed by atoms with Crippen LogP contribution < -0.4 is 5.32 Å². The lowest BCUT2D eigenvalue weighted by atomic mass is 10.2. The summed E-state index contributed by atoms with van der Waals surface area (Å²) in [5.41, 5.74) is 1.95. The van der Waals surface area contributed by atoms with Gasteiger partial charge in [0.15, 0.2) is 0 Å². The third-order valence-corrected chi connectivity index (χ3v) is 3.66. The molecule has 0 spiro atoms. The number of hydrogen-bond donors (Lipinski definition) is 1. The molecule has 1 unspecified atom stereocenters. The minimum absolute atomic E-state index is 0.219. The van der Waals surface area contributed by atoms with Crippen molar-refractivity contribution in [1.29, 1.82) is 0 Å². The van der Waals surface area contributed by atoms with Gasteiger partial charge in [-0.3, -0.25) is 0 Å². The molecule has 1 saturated heterocycles. The fraction of sp³-hybridized carbons (Fsp3) is 0.611. The van der Waals surface area contributed by atoms with E-state index in [2.05, 4.69) is 48.6 Å². The van der Waals surface area contributed by atoms with Crippen molar-refractivity contribution in [2.75, 3.05) is 32.5 Å². The lowest BCUT2D eigenvalue weighted by molar-refractivity contribution is 0.0293. The highest BCUT2D eigenvalue weighted by atomic mass is 16.6. The number of hydrogen-bond acceptors (Lipinski definition) is 4. The van der Waals surface area contributed by atoms with Crippen molar-refractivity contribution in [2.24, 2.45) is 0 Å². The van der Waals surface area contributed by atoms with Gasteiger partial charge in [-0.25, -0.2) is 4.79 Å². The number of rotatable bonds is 4. The van der Waals surface area contributed by atoms with Crippen LogP contribution in [0.15, 0.2) is 24.3 Å². The Morgan fingerprint density at radius 1 is 1.30 bits per heavy atom. The summed E-state index contributed by atoms with van der Waals surface area (Å²) in [5.74, 6) is 0. The highest BCUT2D eigenvalue weighted by Crippen LogP contribution is 2.19. The second-order valence-electron chi connectivity index (χ2n) is 7.49. The predicted octanol–water partition coefficient (Wildman–Crippen LogP) is 3.17. The van der Waals surface area contributed by atoms with Crippen LogP contribution in [0.5, 0.6) is 0 Å². The molecule has 0 aliphatic carbocycles. The molecular formula is C18H29N3O2. The van der Waals surface area contributed by atoms with Gasteiger partial charge in [0.25, 0.3) is 0 Å². The summed E-state index contributed by atoms with van der Waals surface area (Å²) in [7, 11) is 4.13. The number of benzene rings is 1. The average molecular weight is 319 g/mol. The van der Waals surface area contributed by atoms with Crippen LogP contribution in [-0.4, -0.2) is 54.7 Å².